The Labute approximate surface area is 214 Å². The third-order valence-corrected chi connectivity index (χ3v) is 5.57. The summed E-state index contributed by atoms with van der Waals surface area (Å²) in [5, 5.41) is 2.79. The number of amides is 1. The lowest BCUT2D eigenvalue weighted by molar-refractivity contribution is 0.0523. The molecule has 0 aliphatic rings. The minimum atomic E-state index is -0.553. The minimum absolute atomic E-state index is 0.339. The quantitative estimate of drug-likeness (QED) is 0.347. The van der Waals surface area contributed by atoms with Gasteiger partial charge in [0.2, 0.25) is 0 Å². The lowest BCUT2D eigenvalue weighted by Crippen LogP contribution is -2.32. The molecule has 0 radical (unpaired) electrons. The van der Waals surface area contributed by atoms with Gasteiger partial charge in [0.15, 0.2) is 11.5 Å². The smallest absolute Gasteiger partial charge is 0.407 e. The van der Waals surface area contributed by atoms with Crippen LogP contribution in [0.1, 0.15) is 26.3 Å². The van der Waals surface area contributed by atoms with E-state index in [1.165, 1.54) is 0 Å². The number of rotatable bonds is 5. The maximum Gasteiger partial charge on any atom is 0.407 e. The summed E-state index contributed by atoms with van der Waals surface area (Å²) in [5.41, 5.74) is 11.2. The first-order chi connectivity index (χ1) is 17.8. The van der Waals surface area contributed by atoms with E-state index in [9.17, 15) is 4.79 Å². The van der Waals surface area contributed by atoms with Crippen molar-refractivity contribution < 1.29 is 9.53 Å². The summed E-state index contributed by atoms with van der Waals surface area (Å²) >= 11 is 0. The molecule has 0 saturated heterocycles. The summed E-state index contributed by atoms with van der Waals surface area (Å²) in [7, 11) is 0. The monoisotopic (exact) mass is 493 g/mol. The third kappa shape index (κ3) is 5.25. The molecular weight excluding hydrogens is 466 g/mol. The van der Waals surface area contributed by atoms with Crippen molar-refractivity contribution in [3.63, 3.8) is 0 Å². The average molecular weight is 494 g/mol. The number of carbonyl (C=O) groups is 1. The molecule has 186 valence electrons. The number of nitrogen functional groups attached to an aromatic ring is 1. The number of nitrogens with two attached hydrogens (primary N) is 1. The molecular formula is C28H27N7O2. The summed E-state index contributed by atoms with van der Waals surface area (Å²) in [6.07, 6.45) is 4.70. The number of alkyl carbamates (subject to hydrolysis) is 1. The molecule has 0 saturated carbocycles. The fraction of sp³-hybridized carbons (Fsp3) is 0.179. The van der Waals surface area contributed by atoms with Crippen LogP contribution in [0.5, 0.6) is 0 Å². The van der Waals surface area contributed by atoms with Gasteiger partial charge >= 0.3 is 6.09 Å². The molecule has 0 aliphatic heterocycles. The Morgan fingerprint density at radius 3 is 2.49 bits per heavy atom. The number of benzene rings is 1. The van der Waals surface area contributed by atoms with Gasteiger partial charge in [0.25, 0.3) is 0 Å². The number of aromatic nitrogens is 5. The van der Waals surface area contributed by atoms with Crippen molar-refractivity contribution in [3.05, 3.63) is 84.8 Å². The second-order valence-electron chi connectivity index (χ2n) is 9.51. The van der Waals surface area contributed by atoms with Gasteiger partial charge in [-0.2, -0.15) is 0 Å². The molecule has 5 rings (SSSR count). The molecule has 0 unspecified atom stereocenters. The van der Waals surface area contributed by atoms with Crippen molar-refractivity contribution in [2.75, 3.05) is 5.73 Å². The van der Waals surface area contributed by atoms with Crippen molar-refractivity contribution in [1.82, 2.24) is 29.8 Å². The van der Waals surface area contributed by atoms with Crippen molar-refractivity contribution in [3.8, 4) is 28.3 Å². The fourth-order valence-corrected chi connectivity index (χ4v) is 3.92. The molecule has 0 bridgehead atoms. The van der Waals surface area contributed by atoms with E-state index in [1.807, 2.05) is 86.0 Å². The van der Waals surface area contributed by atoms with Gasteiger partial charge in [0, 0.05) is 36.4 Å². The second kappa shape index (κ2) is 9.69. The number of nitrogens with zero attached hydrogens (tertiary/aromatic N) is 5. The van der Waals surface area contributed by atoms with E-state index >= 15 is 0 Å². The third-order valence-electron chi connectivity index (χ3n) is 5.57. The Kier molecular flexibility index (Phi) is 6.27. The summed E-state index contributed by atoms with van der Waals surface area (Å²) < 4.78 is 7.29. The Morgan fingerprint density at radius 2 is 1.78 bits per heavy atom. The van der Waals surface area contributed by atoms with E-state index in [4.69, 9.17) is 20.4 Å². The largest absolute Gasteiger partial charge is 0.444 e. The number of hydrogen-bond acceptors (Lipinski definition) is 7. The van der Waals surface area contributed by atoms with Crippen LogP contribution in [0.3, 0.4) is 0 Å². The number of pyridine rings is 3. The highest BCUT2D eigenvalue weighted by molar-refractivity contribution is 5.84. The summed E-state index contributed by atoms with van der Waals surface area (Å²) in [6.45, 7) is 5.83. The molecule has 0 atom stereocenters. The fourth-order valence-electron chi connectivity index (χ4n) is 3.92. The Morgan fingerprint density at radius 1 is 1.00 bits per heavy atom. The molecule has 0 spiro atoms. The van der Waals surface area contributed by atoms with E-state index in [1.54, 1.807) is 18.6 Å². The topological polar surface area (TPSA) is 121 Å². The molecule has 37 heavy (non-hydrogen) atoms. The Bertz CT molecular complexity index is 1560. The van der Waals surface area contributed by atoms with Gasteiger partial charge in [-0.25, -0.2) is 19.7 Å². The number of carbonyl (C=O) groups excluding carboxylic acids is 1. The van der Waals surface area contributed by atoms with Crippen molar-refractivity contribution in [2.45, 2.75) is 32.9 Å². The molecule has 5 aromatic rings. The van der Waals surface area contributed by atoms with E-state index in [2.05, 4.69) is 15.3 Å². The molecule has 4 heterocycles. The van der Waals surface area contributed by atoms with Gasteiger partial charge in [-0.3, -0.25) is 9.55 Å². The number of ether oxygens (including phenoxy) is 1. The highest BCUT2D eigenvalue weighted by Gasteiger charge is 2.19. The van der Waals surface area contributed by atoms with Crippen LogP contribution in [-0.4, -0.2) is 36.2 Å². The predicted molar refractivity (Wildman–Crippen MR) is 143 cm³/mol. The first-order valence-corrected chi connectivity index (χ1v) is 11.9. The summed E-state index contributed by atoms with van der Waals surface area (Å²) in [5.74, 6) is 1.01. The maximum absolute atomic E-state index is 12.0. The lowest BCUT2D eigenvalue weighted by Gasteiger charge is -2.19. The van der Waals surface area contributed by atoms with Gasteiger partial charge < -0.3 is 15.8 Å². The highest BCUT2D eigenvalue weighted by atomic mass is 16.6. The summed E-state index contributed by atoms with van der Waals surface area (Å²) in [4.78, 5) is 30.3. The van der Waals surface area contributed by atoms with Crippen LogP contribution in [0.4, 0.5) is 10.6 Å². The number of anilines is 1. The average Bonchev–Trinajstić information content (AvgIpc) is 3.26. The number of fused-ring (bicyclic) bond motifs is 1. The predicted octanol–water partition coefficient (Wildman–Crippen LogP) is 5.15. The van der Waals surface area contributed by atoms with Crippen molar-refractivity contribution in [1.29, 1.82) is 0 Å². The van der Waals surface area contributed by atoms with Gasteiger partial charge in [-0.15, -0.1) is 0 Å². The maximum atomic E-state index is 12.0. The Hall–Kier alpha value is -4.79. The molecule has 1 aromatic carbocycles. The van der Waals surface area contributed by atoms with Crippen LogP contribution in [0.15, 0.2) is 79.3 Å². The zero-order chi connectivity index (χ0) is 26.0. The van der Waals surface area contributed by atoms with E-state index in [0.717, 1.165) is 28.0 Å². The van der Waals surface area contributed by atoms with Crippen LogP contribution in [0, 0.1) is 0 Å². The van der Waals surface area contributed by atoms with Gasteiger partial charge in [-0.05, 0) is 74.9 Å². The molecule has 9 heteroatoms. The summed E-state index contributed by atoms with van der Waals surface area (Å²) in [6, 6.07) is 19.2. The molecule has 1 amide bonds. The van der Waals surface area contributed by atoms with Crippen LogP contribution in [0.25, 0.3) is 39.5 Å². The SMILES string of the molecule is CC(C)(C)OC(=O)NCc1ccc(-n2c(-c3cccnc3N)nc3ccc(-c4cccnc4)nc32)cc1. The second-order valence-corrected chi connectivity index (χ2v) is 9.51. The van der Waals surface area contributed by atoms with Crippen LogP contribution >= 0.6 is 0 Å². The molecule has 0 aliphatic carbocycles. The van der Waals surface area contributed by atoms with Gasteiger partial charge in [-0.1, -0.05) is 12.1 Å². The standard InChI is InChI=1S/C28H27N7O2/c1-28(2,3)37-27(36)32-16-18-8-10-20(11-9-18)35-25(21-7-5-15-31-24(21)29)34-23-13-12-22(33-26(23)35)19-6-4-14-30-17-19/h4-15,17H,16H2,1-3H3,(H2,29,31)(H,32,36). The van der Waals surface area contributed by atoms with Crippen molar-refractivity contribution >= 4 is 23.1 Å². The molecule has 0 fully saturated rings. The van der Waals surface area contributed by atoms with Crippen molar-refractivity contribution in [2.24, 2.45) is 0 Å². The first kappa shape index (κ1) is 23.9. The highest BCUT2D eigenvalue weighted by Crippen LogP contribution is 2.31. The van der Waals surface area contributed by atoms with Crippen LogP contribution in [0.2, 0.25) is 0 Å². The van der Waals surface area contributed by atoms with E-state index < -0.39 is 11.7 Å². The zero-order valence-corrected chi connectivity index (χ0v) is 20.8. The van der Waals surface area contributed by atoms with Gasteiger partial charge in [0.1, 0.15) is 16.9 Å². The number of nitrogens with one attached hydrogen (secondary N) is 1. The van der Waals surface area contributed by atoms with E-state index in [-0.39, 0.29) is 0 Å². The number of imidazole rings is 1. The minimum Gasteiger partial charge on any atom is -0.444 e. The Balaban J connectivity index is 1.55. The van der Waals surface area contributed by atoms with Crippen LogP contribution < -0.4 is 11.1 Å². The number of hydrogen-bond donors (Lipinski definition) is 2. The van der Waals surface area contributed by atoms with Crippen LogP contribution in [-0.2, 0) is 11.3 Å². The van der Waals surface area contributed by atoms with E-state index in [0.29, 0.717) is 29.4 Å². The van der Waals surface area contributed by atoms with Gasteiger partial charge in [0.05, 0.1) is 11.3 Å². The molecule has 4 aromatic heterocycles. The molecule has 9 nitrogen and oxygen atoms in total. The first-order valence-electron chi connectivity index (χ1n) is 11.9. The lowest BCUT2D eigenvalue weighted by atomic mass is 10.2. The normalized spacial score (nSPS) is 11.4. The molecule has 3 N–H and O–H groups in total. The zero-order valence-electron chi connectivity index (χ0n) is 20.8.